The van der Waals surface area contributed by atoms with Crippen LogP contribution in [-0.4, -0.2) is 38.8 Å². The Labute approximate surface area is 169 Å². The van der Waals surface area contributed by atoms with Crippen molar-refractivity contribution in [1.29, 1.82) is 0 Å². The quantitative estimate of drug-likeness (QED) is 0.655. The summed E-state index contributed by atoms with van der Waals surface area (Å²) in [6, 6.07) is 7.90. The predicted octanol–water partition coefficient (Wildman–Crippen LogP) is 4.84. The molecule has 1 aromatic carbocycles. The third-order valence-corrected chi connectivity index (χ3v) is 4.04. The second-order valence-corrected chi connectivity index (χ2v) is 6.94. The summed E-state index contributed by atoms with van der Waals surface area (Å²) >= 11 is 0. The molecule has 3 N–H and O–H groups in total. The van der Waals surface area contributed by atoms with Crippen LogP contribution < -0.4 is 10.6 Å². The fourth-order valence-electron chi connectivity index (χ4n) is 3.11. The lowest BCUT2D eigenvalue weighted by Crippen LogP contribution is -2.29. The molecule has 0 saturated heterocycles. The Balaban J connectivity index is 0.000000921. The van der Waals surface area contributed by atoms with E-state index in [0.29, 0.717) is 17.9 Å². The van der Waals surface area contributed by atoms with Crippen molar-refractivity contribution in [3.8, 4) is 0 Å². The summed E-state index contributed by atoms with van der Waals surface area (Å²) in [6.45, 7) is 15.0. The molecule has 6 nitrogen and oxygen atoms in total. The van der Waals surface area contributed by atoms with E-state index in [4.69, 9.17) is 10.7 Å². The molecule has 2 heterocycles. The maximum absolute atomic E-state index is 10.4. The summed E-state index contributed by atoms with van der Waals surface area (Å²) < 4.78 is 2.06. The maximum Gasteiger partial charge on any atom is 0.206 e. The number of aromatic nitrogens is 3. The number of benzene rings is 1. The number of aliphatic hydroxyl groups is 1. The van der Waals surface area contributed by atoms with Gasteiger partial charge in [0.1, 0.15) is 5.52 Å². The molecule has 2 aromatic heterocycles. The van der Waals surface area contributed by atoms with Gasteiger partial charge in [-0.15, -0.1) is 0 Å². The number of fused-ring (bicyclic) bond motifs is 3. The van der Waals surface area contributed by atoms with Crippen LogP contribution in [0.2, 0.25) is 0 Å². The number of nitrogens with two attached hydrogens (primary N) is 1. The summed E-state index contributed by atoms with van der Waals surface area (Å²) in [5, 5.41) is 11.4. The Kier molecular flexibility index (Phi) is 8.69. The Morgan fingerprint density at radius 3 is 2.29 bits per heavy atom. The van der Waals surface area contributed by atoms with Crippen molar-refractivity contribution in [2.24, 2.45) is 0 Å². The lowest BCUT2D eigenvalue weighted by Gasteiger charge is -2.24. The minimum atomic E-state index is -0.866. The molecule has 0 bridgehead atoms. The summed E-state index contributed by atoms with van der Waals surface area (Å²) in [5.74, 6) is 1.23. The Morgan fingerprint density at radius 1 is 1.11 bits per heavy atom. The summed E-state index contributed by atoms with van der Waals surface area (Å²) in [4.78, 5) is 11.3. The van der Waals surface area contributed by atoms with Gasteiger partial charge in [-0.2, -0.15) is 0 Å². The molecule has 0 unspecified atom stereocenters. The molecule has 0 spiro atoms. The predicted molar refractivity (Wildman–Crippen MR) is 122 cm³/mol. The van der Waals surface area contributed by atoms with Crippen LogP contribution in [0.3, 0.4) is 0 Å². The van der Waals surface area contributed by atoms with Gasteiger partial charge < -0.3 is 20.3 Å². The van der Waals surface area contributed by atoms with Crippen molar-refractivity contribution < 1.29 is 5.11 Å². The number of hydrogen-bond acceptors (Lipinski definition) is 5. The number of rotatable bonds is 5. The van der Waals surface area contributed by atoms with Gasteiger partial charge in [-0.1, -0.05) is 52.8 Å². The van der Waals surface area contributed by atoms with Crippen molar-refractivity contribution >= 4 is 33.7 Å². The monoisotopic (exact) mass is 387 g/mol. The normalized spacial score (nSPS) is 10.9. The van der Waals surface area contributed by atoms with Crippen LogP contribution in [0.5, 0.6) is 0 Å². The van der Waals surface area contributed by atoms with Crippen LogP contribution in [0.1, 0.15) is 54.9 Å². The second kappa shape index (κ2) is 10.3. The highest BCUT2D eigenvalue weighted by Gasteiger charge is 2.23. The first-order chi connectivity index (χ1) is 13.3. The molecular formula is C22H37N5O. The molecule has 0 atom stereocenters. The zero-order valence-electron chi connectivity index (χ0n) is 18.7. The second-order valence-electron chi connectivity index (χ2n) is 6.94. The van der Waals surface area contributed by atoms with Gasteiger partial charge in [0.05, 0.1) is 23.2 Å². The number of para-hydroxylation sites is 1. The number of nitrogens with zero attached hydrogens (tertiary/aromatic N) is 4. The summed E-state index contributed by atoms with van der Waals surface area (Å²) in [6.07, 6.45) is 1.01. The number of hydrogen-bond donors (Lipinski definition) is 2. The third kappa shape index (κ3) is 5.13. The minimum absolute atomic E-state index is 0.421. The van der Waals surface area contributed by atoms with Gasteiger partial charge in [-0.05, 0) is 26.3 Å². The van der Waals surface area contributed by atoms with E-state index >= 15 is 0 Å². The number of imidazole rings is 1. The average Bonchev–Trinajstić information content (AvgIpc) is 3.04. The van der Waals surface area contributed by atoms with Gasteiger partial charge in [0.25, 0.3) is 0 Å². The van der Waals surface area contributed by atoms with E-state index in [9.17, 15) is 5.11 Å². The molecule has 0 radical (unpaired) electrons. The van der Waals surface area contributed by atoms with Crippen LogP contribution >= 0.6 is 0 Å². The zero-order chi connectivity index (χ0) is 21.5. The van der Waals surface area contributed by atoms with Crippen molar-refractivity contribution in [1.82, 2.24) is 14.5 Å². The highest BCUT2D eigenvalue weighted by atomic mass is 16.3. The van der Waals surface area contributed by atoms with Crippen LogP contribution in [0.15, 0.2) is 24.3 Å². The fraction of sp³-hybridized carbons (Fsp3) is 0.545. The maximum atomic E-state index is 10.4. The van der Waals surface area contributed by atoms with Gasteiger partial charge in [0, 0.05) is 19.0 Å². The molecule has 6 heteroatoms. The SMILES string of the molecule is CC.CC.CCCN(C)c1nc2c(N)nc3ccccc3c2n1CC(C)(C)O. The Hall–Kier alpha value is -2.34. The van der Waals surface area contributed by atoms with E-state index in [1.807, 2.05) is 59.0 Å². The molecule has 0 aliphatic rings. The fourth-order valence-corrected chi connectivity index (χ4v) is 3.11. The molecule has 0 saturated carbocycles. The highest BCUT2D eigenvalue weighted by Crippen LogP contribution is 2.32. The van der Waals surface area contributed by atoms with E-state index in [0.717, 1.165) is 35.3 Å². The van der Waals surface area contributed by atoms with Gasteiger partial charge in [0.2, 0.25) is 5.95 Å². The van der Waals surface area contributed by atoms with Crippen LogP contribution in [0.25, 0.3) is 21.9 Å². The summed E-state index contributed by atoms with van der Waals surface area (Å²) in [5.41, 5.74) is 7.76. The van der Waals surface area contributed by atoms with Crippen LogP contribution in [-0.2, 0) is 6.54 Å². The van der Waals surface area contributed by atoms with Crippen molar-refractivity contribution in [2.75, 3.05) is 24.2 Å². The lowest BCUT2D eigenvalue weighted by molar-refractivity contribution is 0.0631. The largest absolute Gasteiger partial charge is 0.389 e. The smallest absolute Gasteiger partial charge is 0.206 e. The van der Waals surface area contributed by atoms with E-state index in [1.165, 1.54) is 0 Å². The van der Waals surface area contributed by atoms with E-state index in [1.54, 1.807) is 13.8 Å². The third-order valence-electron chi connectivity index (χ3n) is 4.04. The Bertz CT molecular complexity index is 880. The molecule has 3 aromatic rings. The van der Waals surface area contributed by atoms with E-state index < -0.39 is 5.60 Å². The van der Waals surface area contributed by atoms with Gasteiger partial charge in [0.15, 0.2) is 5.82 Å². The number of nitrogen functional groups attached to an aromatic ring is 1. The molecule has 28 heavy (non-hydrogen) atoms. The molecule has 156 valence electrons. The topological polar surface area (TPSA) is 80.2 Å². The van der Waals surface area contributed by atoms with Crippen molar-refractivity contribution in [3.63, 3.8) is 0 Å². The Morgan fingerprint density at radius 2 is 1.71 bits per heavy atom. The first kappa shape index (κ1) is 23.7. The van der Waals surface area contributed by atoms with E-state index in [-0.39, 0.29) is 0 Å². The van der Waals surface area contributed by atoms with Crippen LogP contribution in [0.4, 0.5) is 11.8 Å². The highest BCUT2D eigenvalue weighted by molar-refractivity contribution is 6.07. The molecule has 0 aliphatic carbocycles. The van der Waals surface area contributed by atoms with Gasteiger partial charge >= 0.3 is 0 Å². The lowest BCUT2D eigenvalue weighted by atomic mass is 10.1. The molecule has 0 aliphatic heterocycles. The first-order valence-corrected chi connectivity index (χ1v) is 10.3. The summed E-state index contributed by atoms with van der Waals surface area (Å²) in [7, 11) is 2.01. The molecule has 3 rings (SSSR count). The van der Waals surface area contributed by atoms with Gasteiger partial charge in [-0.3, -0.25) is 0 Å². The number of pyridine rings is 1. The first-order valence-electron chi connectivity index (χ1n) is 10.3. The minimum Gasteiger partial charge on any atom is -0.389 e. The van der Waals surface area contributed by atoms with Crippen molar-refractivity contribution in [2.45, 2.75) is 67.0 Å². The van der Waals surface area contributed by atoms with Crippen molar-refractivity contribution in [3.05, 3.63) is 24.3 Å². The molecular weight excluding hydrogens is 350 g/mol. The average molecular weight is 388 g/mol. The van der Waals surface area contributed by atoms with Crippen LogP contribution in [0, 0.1) is 0 Å². The zero-order valence-corrected chi connectivity index (χ0v) is 18.7. The van der Waals surface area contributed by atoms with Gasteiger partial charge in [-0.25, -0.2) is 9.97 Å². The standard InChI is InChI=1S/C18H25N5O.2C2H6/c1-5-10-22(4)17-21-14-15(23(17)11-18(2,3)24)12-8-6-7-9-13(12)20-16(14)19;2*1-2/h6-9,24H,5,10-11H2,1-4H3,(H2,19,20);2*1-2H3. The molecule has 0 amide bonds. The number of anilines is 2. The van der Waals surface area contributed by atoms with E-state index in [2.05, 4.69) is 21.4 Å². The molecule has 0 fully saturated rings.